The van der Waals surface area contributed by atoms with Crippen molar-refractivity contribution in [2.24, 2.45) is 5.41 Å². The molecule has 3 aromatic rings. The van der Waals surface area contributed by atoms with E-state index in [1.54, 1.807) is 11.3 Å². The molecule has 2 aromatic heterocycles. The van der Waals surface area contributed by atoms with Gasteiger partial charge in [0.05, 0.1) is 13.0 Å². The SMILES string of the molecule is Cc1nnc(-c2ccc3cnc(CC(=O)CN4CCC5(CC4)CC5)cc3c2)s1. The van der Waals surface area contributed by atoms with E-state index < -0.39 is 0 Å². The lowest BCUT2D eigenvalue weighted by Gasteiger charge is -2.31. The predicted molar refractivity (Wildman–Crippen MR) is 111 cm³/mol. The molecule has 5 nitrogen and oxygen atoms in total. The van der Waals surface area contributed by atoms with E-state index in [0.29, 0.717) is 18.4 Å². The van der Waals surface area contributed by atoms with Crippen molar-refractivity contribution >= 4 is 27.9 Å². The Bertz CT molecular complexity index is 1030. The monoisotopic (exact) mass is 392 g/mol. The van der Waals surface area contributed by atoms with Gasteiger partial charge in [-0.3, -0.25) is 14.7 Å². The number of Topliss-reactive ketones (excluding diaryl/α,β-unsaturated/α-hetero) is 1. The van der Waals surface area contributed by atoms with Crippen LogP contribution in [0.3, 0.4) is 0 Å². The van der Waals surface area contributed by atoms with Crippen molar-refractivity contribution in [3.05, 3.63) is 41.2 Å². The summed E-state index contributed by atoms with van der Waals surface area (Å²) >= 11 is 1.59. The van der Waals surface area contributed by atoms with Crippen molar-refractivity contribution in [1.82, 2.24) is 20.1 Å². The first-order chi connectivity index (χ1) is 13.6. The number of likely N-dealkylation sites (tertiary alicyclic amines) is 1. The van der Waals surface area contributed by atoms with Crippen LogP contribution in [-0.4, -0.2) is 45.5 Å². The van der Waals surface area contributed by atoms with Gasteiger partial charge >= 0.3 is 0 Å². The minimum Gasteiger partial charge on any atom is -0.298 e. The molecule has 1 aliphatic carbocycles. The van der Waals surface area contributed by atoms with E-state index in [4.69, 9.17) is 0 Å². The summed E-state index contributed by atoms with van der Waals surface area (Å²) < 4.78 is 0. The lowest BCUT2D eigenvalue weighted by molar-refractivity contribution is -0.120. The van der Waals surface area contributed by atoms with Crippen LogP contribution in [0.1, 0.15) is 36.4 Å². The maximum absolute atomic E-state index is 12.6. The first-order valence-corrected chi connectivity index (χ1v) is 10.8. The van der Waals surface area contributed by atoms with Crippen LogP contribution >= 0.6 is 11.3 Å². The number of nitrogens with zero attached hydrogens (tertiary/aromatic N) is 4. The van der Waals surface area contributed by atoms with Gasteiger partial charge in [0.15, 0.2) is 5.78 Å². The number of piperidine rings is 1. The van der Waals surface area contributed by atoms with E-state index >= 15 is 0 Å². The number of carbonyl (C=O) groups is 1. The Morgan fingerprint density at radius 3 is 2.64 bits per heavy atom. The quantitative estimate of drug-likeness (QED) is 0.656. The van der Waals surface area contributed by atoms with E-state index in [2.05, 4.69) is 38.3 Å². The first-order valence-electron chi connectivity index (χ1n) is 10.0. The average molecular weight is 393 g/mol. The molecule has 3 heterocycles. The number of aryl methyl sites for hydroxylation is 1. The Labute approximate surface area is 168 Å². The molecular formula is C22H24N4OS. The zero-order chi connectivity index (χ0) is 19.1. The summed E-state index contributed by atoms with van der Waals surface area (Å²) in [4.78, 5) is 19.4. The second kappa shape index (κ2) is 7.01. The van der Waals surface area contributed by atoms with Gasteiger partial charge in [0.1, 0.15) is 10.0 Å². The lowest BCUT2D eigenvalue weighted by Crippen LogP contribution is -2.38. The Balaban J connectivity index is 1.28. The van der Waals surface area contributed by atoms with Crippen molar-refractivity contribution in [2.75, 3.05) is 19.6 Å². The van der Waals surface area contributed by atoms with Gasteiger partial charge in [-0.1, -0.05) is 23.5 Å². The molecule has 6 heteroatoms. The van der Waals surface area contributed by atoms with Gasteiger partial charge in [-0.25, -0.2) is 0 Å². The molecule has 1 aliphatic heterocycles. The number of hydrogen-bond acceptors (Lipinski definition) is 6. The molecule has 0 amide bonds. The maximum Gasteiger partial charge on any atom is 0.152 e. The third-order valence-electron chi connectivity index (χ3n) is 6.20. The fourth-order valence-corrected chi connectivity index (χ4v) is 4.89. The van der Waals surface area contributed by atoms with Gasteiger partial charge < -0.3 is 0 Å². The third kappa shape index (κ3) is 3.71. The van der Waals surface area contributed by atoms with Crippen molar-refractivity contribution in [3.63, 3.8) is 0 Å². The fraction of sp³-hybridized carbons (Fsp3) is 0.455. The number of benzene rings is 1. The van der Waals surface area contributed by atoms with Crippen LogP contribution in [-0.2, 0) is 11.2 Å². The summed E-state index contributed by atoms with van der Waals surface area (Å²) in [5.74, 6) is 0.259. The molecule has 0 bridgehead atoms. The van der Waals surface area contributed by atoms with Crippen molar-refractivity contribution < 1.29 is 4.79 Å². The minimum atomic E-state index is 0.259. The normalized spacial score (nSPS) is 18.6. The molecule has 5 rings (SSSR count). The van der Waals surface area contributed by atoms with Crippen LogP contribution in [0.15, 0.2) is 30.5 Å². The Kier molecular flexibility index (Phi) is 4.48. The zero-order valence-electron chi connectivity index (χ0n) is 16.1. The van der Waals surface area contributed by atoms with E-state index in [1.807, 2.05) is 19.2 Å². The molecule has 144 valence electrons. The predicted octanol–water partition coefficient (Wildman–Crippen LogP) is 4.05. The number of ketones is 1. The second-order valence-electron chi connectivity index (χ2n) is 8.36. The van der Waals surface area contributed by atoms with Gasteiger partial charge in [0.25, 0.3) is 0 Å². The van der Waals surface area contributed by atoms with E-state index in [-0.39, 0.29) is 5.78 Å². The van der Waals surface area contributed by atoms with Crippen LogP contribution in [0.25, 0.3) is 21.3 Å². The molecule has 0 radical (unpaired) electrons. The number of carbonyl (C=O) groups excluding carboxylic acids is 1. The smallest absolute Gasteiger partial charge is 0.152 e. The Morgan fingerprint density at radius 1 is 1.11 bits per heavy atom. The molecule has 1 spiro atoms. The molecule has 0 atom stereocenters. The zero-order valence-corrected chi connectivity index (χ0v) is 17.0. The molecule has 0 unspecified atom stereocenters. The summed E-state index contributed by atoms with van der Waals surface area (Å²) in [5, 5.41) is 12.4. The molecule has 1 aromatic carbocycles. The molecule has 1 saturated heterocycles. The molecule has 1 saturated carbocycles. The highest BCUT2D eigenvalue weighted by atomic mass is 32.1. The number of fused-ring (bicyclic) bond motifs is 1. The third-order valence-corrected chi connectivity index (χ3v) is 7.09. The molecular weight excluding hydrogens is 368 g/mol. The number of rotatable bonds is 5. The number of hydrogen-bond donors (Lipinski definition) is 0. The largest absolute Gasteiger partial charge is 0.298 e. The van der Waals surface area contributed by atoms with Gasteiger partial charge in [-0.15, -0.1) is 10.2 Å². The number of pyridine rings is 1. The molecule has 2 fully saturated rings. The summed E-state index contributed by atoms with van der Waals surface area (Å²) in [7, 11) is 0. The van der Waals surface area contributed by atoms with E-state index in [9.17, 15) is 4.79 Å². The molecule has 2 aliphatic rings. The molecule has 0 N–H and O–H groups in total. The Morgan fingerprint density at radius 2 is 1.93 bits per heavy atom. The summed E-state index contributed by atoms with van der Waals surface area (Å²) in [6, 6.07) is 8.27. The van der Waals surface area contributed by atoms with E-state index in [0.717, 1.165) is 45.1 Å². The van der Waals surface area contributed by atoms with Crippen LogP contribution in [0.4, 0.5) is 0 Å². The highest BCUT2D eigenvalue weighted by Gasteiger charge is 2.44. The topological polar surface area (TPSA) is 59.0 Å². The first kappa shape index (κ1) is 17.9. The maximum atomic E-state index is 12.6. The van der Waals surface area contributed by atoms with Gasteiger partial charge in [-0.2, -0.15) is 0 Å². The average Bonchev–Trinajstić information content (AvgIpc) is 3.31. The second-order valence-corrected chi connectivity index (χ2v) is 9.54. The lowest BCUT2D eigenvalue weighted by atomic mass is 9.93. The number of aromatic nitrogens is 3. The van der Waals surface area contributed by atoms with Crippen LogP contribution in [0, 0.1) is 12.3 Å². The van der Waals surface area contributed by atoms with Crippen molar-refractivity contribution in [3.8, 4) is 10.6 Å². The summed E-state index contributed by atoms with van der Waals surface area (Å²) in [6.07, 6.45) is 7.60. The molecule has 28 heavy (non-hydrogen) atoms. The van der Waals surface area contributed by atoms with Gasteiger partial charge in [-0.05, 0) is 68.6 Å². The van der Waals surface area contributed by atoms with Crippen molar-refractivity contribution in [2.45, 2.75) is 39.0 Å². The minimum absolute atomic E-state index is 0.259. The summed E-state index contributed by atoms with van der Waals surface area (Å²) in [6.45, 7) is 4.66. The Hall–Kier alpha value is -2.18. The van der Waals surface area contributed by atoms with Crippen LogP contribution in [0.5, 0.6) is 0 Å². The van der Waals surface area contributed by atoms with Gasteiger partial charge in [0, 0.05) is 22.8 Å². The fourth-order valence-electron chi connectivity index (χ4n) is 4.20. The van der Waals surface area contributed by atoms with Crippen LogP contribution in [0.2, 0.25) is 0 Å². The van der Waals surface area contributed by atoms with Crippen molar-refractivity contribution in [1.29, 1.82) is 0 Å². The summed E-state index contributed by atoms with van der Waals surface area (Å²) in [5.41, 5.74) is 2.56. The standard InChI is InChI=1S/C22H24N4OS/c1-15-24-25-21(28-15)16-2-3-17-13-23-19(11-18(17)10-16)12-20(27)14-26-8-6-22(4-5-22)7-9-26/h2-3,10-11,13H,4-9,12,14H2,1H3. The highest BCUT2D eigenvalue weighted by Crippen LogP contribution is 2.53. The van der Waals surface area contributed by atoms with E-state index in [1.165, 1.54) is 25.7 Å². The highest BCUT2D eigenvalue weighted by molar-refractivity contribution is 7.14. The van der Waals surface area contributed by atoms with Gasteiger partial charge in [0.2, 0.25) is 0 Å². The van der Waals surface area contributed by atoms with Crippen LogP contribution < -0.4 is 0 Å².